The van der Waals surface area contributed by atoms with Crippen LogP contribution >= 0.6 is 11.6 Å². The number of benzene rings is 1. The predicted octanol–water partition coefficient (Wildman–Crippen LogP) is 1.61. The van der Waals surface area contributed by atoms with Crippen LogP contribution in [0.5, 0.6) is 0 Å². The van der Waals surface area contributed by atoms with Gasteiger partial charge in [-0.2, -0.15) is 5.06 Å². The molecule has 92 valence electrons. The molecule has 0 aromatic heterocycles. The summed E-state index contributed by atoms with van der Waals surface area (Å²) in [7, 11) is 2.71. The normalized spacial score (nSPS) is 18.1. The highest BCUT2D eigenvalue weighted by atomic mass is 35.5. The Morgan fingerprint density at radius 3 is 2.65 bits per heavy atom. The Bertz CT molecular complexity index is 459. The molecule has 1 aromatic rings. The van der Waals surface area contributed by atoms with E-state index in [9.17, 15) is 10.0 Å². The van der Waals surface area contributed by atoms with Crippen molar-refractivity contribution in [3.05, 3.63) is 28.8 Å². The van der Waals surface area contributed by atoms with Gasteiger partial charge in [-0.3, -0.25) is 10.0 Å². The molecule has 2 rings (SSSR count). The van der Waals surface area contributed by atoms with Gasteiger partial charge in [-0.15, -0.1) is 0 Å². The Hall–Kier alpha value is -1.14. The number of fused-ring (bicyclic) bond motifs is 1. The van der Waals surface area contributed by atoms with Crippen molar-refractivity contribution >= 4 is 23.2 Å². The number of rotatable bonds is 2. The number of carbonyl (C=O) groups excluding carboxylic acids is 1. The molecular formula is C11H12ClNO4. The summed E-state index contributed by atoms with van der Waals surface area (Å²) in [5, 5.41) is 10.8. The first-order valence-electron chi connectivity index (χ1n) is 4.96. The first-order chi connectivity index (χ1) is 8.04. The summed E-state index contributed by atoms with van der Waals surface area (Å²) < 4.78 is 10.2. The Morgan fingerprint density at radius 1 is 1.41 bits per heavy atom. The summed E-state index contributed by atoms with van der Waals surface area (Å²) in [5.41, 5.74) is 1.08. The molecule has 6 heteroatoms. The molecular weight excluding hydrogens is 246 g/mol. The molecule has 1 heterocycles. The zero-order valence-corrected chi connectivity index (χ0v) is 10.2. The lowest BCUT2D eigenvalue weighted by Crippen LogP contribution is -2.55. The maximum Gasteiger partial charge on any atom is 0.311 e. The Labute approximate surface area is 103 Å². The standard InChI is InChI=1S/C11H12ClNO4/c1-16-11(17-2)6-7-3-4-8(12)5-9(7)13(15)10(11)14/h3-5,15H,6H2,1-2H3. The second-order valence-electron chi connectivity index (χ2n) is 3.73. The van der Waals surface area contributed by atoms with E-state index in [0.717, 1.165) is 5.56 Å². The van der Waals surface area contributed by atoms with E-state index in [4.69, 9.17) is 21.1 Å². The van der Waals surface area contributed by atoms with E-state index in [1.807, 2.05) is 0 Å². The van der Waals surface area contributed by atoms with E-state index in [1.54, 1.807) is 12.1 Å². The highest BCUT2D eigenvalue weighted by Gasteiger charge is 2.47. The van der Waals surface area contributed by atoms with E-state index in [1.165, 1.54) is 20.3 Å². The molecule has 0 aliphatic carbocycles. The van der Waals surface area contributed by atoms with Crippen molar-refractivity contribution in [3.8, 4) is 0 Å². The van der Waals surface area contributed by atoms with Gasteiger partial charge in [0.2, 0.25) is 0 Å². The van der Waals surface area contributed by atoms with E-state index < -0.39 is 11.7 Å². The average Bonchev–Trinajstić information content (AvgIpc) is 2.35. The molecule has 1 aliphatic heterocycles. The lowest BCUT2D eigenvalue weighted by Gasteiger charge is -2.37. The van der Waals surface area contributed by atoms with Gasteiger partial charge in [0.05, 0.1) is 5.69 Å². The van der Waals surface area contributed by atoms with Crippen LogP contribution in [0.15, 0.2) is 18.2 Å². The average molecular weight is 258 g/mol. The quantitative estimate of drug-likeness (QED) is 0.646. The Balaban J connectivity index is 2.52. The fraction of sp³-hybridized carbons (Fsp3) is 0.364. The lowest BCUT2D eigenvalue weighted by atomic mass is 9.97. The van der Waals surface area contributed by atoms with Crippen LogP contribution in [0.3, 0.4) is 0 Å². The second kappa shape index (κ2) is 4.27. The van der Waals surface area contributed by atoms with E-state index in [-0.39, 0.29) is 6.42 Å². The largest absolute Gasteiger partial charge is 0.345 e. The predicted molar refractivity (Wildman–Crippen MR) is 61.2 cm³/mol. The highest BCUT2D eigenvalue weighted by molar-refractivity contribution is 6.31. The van der Waals surface area contributed by atoms with Gasteiger partial charge in [-0.05, 0) is 17.7 Å². The third kappa shape index (κ3) is 1.81. The number of ether oxygens (including phenoxy) is 2. The van der Waals surface area contributed by atoms with Gasteiger partial charge < -0.3 is 9.47 Å². The van der Waals surface area contributed by atoms with Crippen molar-refractivity contribution in [1.82, 2.24) is 0 Å². The van der Waals surface area contributed by atoms with E-state index >= 15 is 0 Å². The van der Waals surface area contributed by atoms with E-state index in [2.05, 4.69) is 0 Å². The minimum Gasteiger partial charge on any atom is -0.345 e. The summed E-state index contributed by atoms with van der Waals surface area (Å²) >= 11 is 5.82. The third-order valence-electron chi connectivity index (χ3n) is 2.88. The van der Waals surface area contributed by atoms with Crippen LogP contribution in [0, 0.1) is 0 Å². The van der Waals surface area contributed by atoms with Gasteiger partial charge in [-0.25, -0.2) is 0 Å². The van der Waals surface area contributed by atoms with Crippen molar-refractivity contribution in [3.63, 3.8) is 0 Å². The molecule has 1 amide bonds. The fourth-order valence-electron chi connectivity index (χ4n) is 1.88. The molecule has 5 nitrogen and oxygen atoms in total. The maximum atomic E-state index is 12.0. The zero-order chi connectivity index (χ0) is 12.6. The van der Waals surface area contributed by atoms with Crippen LogP contribution in [0.4, 0.5) is 5.69 Å². The number of anilines is 1. The molecule has 0 saturated carbocycles. The molecule has 0 unspecified atom stereocenters. The SMILES string of the molecule is COC1(OC)Cc2ccc(Cl)cc2N(O)C1=O. The molecule has 1 aromatic carbocycles. The molecule has 17 heavy (non-hydrogen) atoms. The molecule has 0 saturated heterocycles. The lowest BCUT2D eigenvalue weighted by molar-refractivity contribution is -0.212. The van der Waals surface area contributed by atoms with Gasteiger partial charge >= 0.3 is 5.91 Å². The molecule has 1 N–H and O–H groups in total. The maximum absolute atomic E-state index is 12.0. The number of methoxy groups -OCH3 is 2. The van der Waals surface area contributed by atoms with Gasteiger partial charge in [0, 0.05) is 25.7 Å². The Kier molecular flexibility index (Phi) is 3.09. The second-order valence-corrected chi connectivity index (χ2v) is 4.16. The van der Waals surface area contributed by atoms with E-state index in [0.29, 0.717) is 15.8 Å². The summed E-state index contributed by atoms with van der Waals surface area (Å²) in [4.78, 5) is 12.0. The summed E-state index contributed by atoms with van der Waals surface area (Å²) in [6, 6.07) is 4.92. The summed E-state index contributed by atoms with van der Waals surface area (Å²) in [6.07, 6.45) is 0.225. The number of hydrogen-bond donors (Lipinski definition) is 1. The van der Waals surface area contributed by atoms with Crippen LogP contribution in [-0.4, -0.2) is 31.1 Å². The monoisotopic (exact) mass is 257 g/mol. The number of hydroxylamine groups is 1. The number of carbonyl (C=O) groups is 1. The van der Waals surface area contributed by atoms with Crippen LogP contribution in [0.1, 0.15) is 5.56 Å². The minimum atomic E-state index is -1.48. The van der Waals surface area contributed by atoms with Crippen LogP contribution in [0.2, 0.25) is 5.02 Å². The molecule has 0 spiro atoms. The molecule has 0 radical (unpaired) electrons. The first kappa shape index (κ1) is 12.3. The van der Waals surface area contributed by atoms with Crippen LogP contribution < -0.4 is 5.06 Å². The van der Waals surface area contributed by atoms with Crippen LogP contribution in [-0.2, 0) is 20.7 Å². The summed E-state index contributed by atoms with van der Waals surface area (Å²) in [5.74, 6) is -2.15. The van der Waals surface area contributed by atoms with Crippen molar-refractivity contribution in [2.45, 2.75) is 12.2 Å². The zero-order valence-electron chi connectivity index (χ0n) is 9.44. The van der Waals surface area contributed by atoms with Crippen molar-refractivity contribution in [1.29, 1.82) is 0 Å². The molecule has 0 bridgehead atoms. The number of hydrogen-bond acceptors (Lipinski definition) is 4. The van der Waals surface area contributed by atoms with Gasteiger partial charge in [0.25, 0.3) is 5.79 Å². The number of nitrogens with zero attached hydrogens (tertiary/aromatic N) is 1. The summed E-state index contributed by atoms with van der Waals surface area (Å²) in [6.45, 7) is 0. The Morgan fingerprint density at radius 2 is 2.06 bits per heavy atom. The molecule has 1 aliphatic rings. The minimum absolute atomic E-state index is 0.225. The molecule has 0 fully saturated rings. The first-order valence-corrected chi connectivity index (χ1v) is 5.34. The van der Waals surface area contributed by atoms with Crippen molar-refractivity contribution in [2.75, 3.05) is 19.3 Å². The smallest absolute Gasteiger partial charge is 0.311 e. The van der Waals surface area contributed by atoms with Crippen molar-refractivity contribution in [2.24, 2.45) is 0 Å². The molecule has 0 atom stereocenters. The van der Waals surface area contributed by atoms with Gasteiger partial charge in [0.15, 0.2) is 0 Å². The van der Waals surface area contributed by atoms with Gasteiger partial charge in [-0.1, -0.05) is 17.7 Å². The highest BCUT2D eigenvalue weighted by Crippen LogP contribution is 2.35. The third-order valence-corrected chi connectivity index (χ3v) is 3.11. The fourth-order valence-corrected chi connectivity index (χ4v) is 2.05. The number of halogens is 1. The topological polar surface area (TPSA) is 59.0 Å². The number of amides is 1. The van der Waals surface area contributed by atoms with Gasteiger partial charge in [0.1, 0.15) is 0 Å². The van der Waals surface area contributed by atoms with Crippen molar-refractivity contribution < 1.29 is 19.5 Å². The van der Waals surface area contributed by atoms with Crippen LogP contribution in [0.25, 0.3) is 0 Å².